The summed E-state index contributed by atoms with van der Waals surface area (Å²) >= 11 is 0. The van der Waals surface area contributed by atoms with Crippen molar-refractivity contribution in [2.75, 3.05) is 0 Å². The summed E-state index contributed by atoms with van der Waals surface area (Å²) in [6.07, 6.45) is 1.79. The Kier molecular flexibility index (Phi) is 5.36. The average molecular weight is 368 g/mol. The van der Waals surface area contributed by atoms with Crippen LogP contribution < -0.4 is 24.0 Å². The van der Waals surface area contributed by atoms with Crippen LogP contribution in [0.5, 0.6) is 5.75 Å². The first-order valence-corrected chi connectivity index (χ1v) is 9.26. The van der Waals surface area contributed by atoms with Gasteiger partial charge in [0.2, 0.25) is 0 Å². The summed E-state index contributed by atoms with van der Waals surface area (Å²) < 4.78 is 0. The second-order valence-electron chi connectivity index (χ2n) is 6.83. The first kappa shape index (κ1) is 19.2. The molecule has 0 saturated carbocycles. The van der Waals surface area contributed by atoms with Gasteiger partial charge in [0.1, 0.15) is 0 Å². The summed E-state index contributed by atoms with van der Waals surface area (Å²) in [5.74, 6) is -0.201. The molecule has 1 atom stereocenters. The number of rotatable bonds is 3. The summed E-state index contributed by atoms with van der Waals surface area (Å²) in [5, 5.41) is 14.7. The Balaban J connectivity index is 0.00000205. The molecule has 3 aromatic carbocycles. The molecule has 1 unspecified atom stereocenters. The van der Waals surface area contributed by atoms with Gasteiger partial charge in [-0.05, 0) is 23.3 Å². The van der Waals surface area contributed by atoms with E-state index in [-0.39, 0.29) is 30.5 Å². The second-order valence-corrected chi connectivity index (χ2v) is 6.83. The van der Waals surface area contributed by atoms with E-state index in [1.807, 2.05) is 60.7 Å². The predicted octanol–water partition coefficient (Wildman–Crippen LogP) is 2.04. The third kappa shape index (κ3) is 3.51. The molecule has 0 aliphatic rings. The molecule has 0 bridgehead atoms. The Morgan fingerprint density at radius 3 is 2.14 bits per heavy atom. The van der Waals surface area contributed by atoms with Gasteiger partial charge in [-0.1, -0.05) is 78.9 Å². The molecule has 2 heterocycles. The van der Waals surface area contributed by atoms with Crippen LogP contribution >= 0.6 is 0 Å². The van der Waals surface area contributed by atoms with E-state index in [0.29, 0.717) is 0 Å². The minimum atomic E-state index is -0.224. The van der Waals surface area contributed by atoms with E-state index in [9.17, 15) is 5.11 Å². The first-order valence-electron chi connectivity index (χ1n) is 9.26. The normalized spacial score (nSPS) is 11.9. The molecular weight excluding hydrogens is 351 g/mol. The van der Waals surface area contributed by atoms with E-state index in [1.54, 1.807) is 18.3 Å². The summed E-state index contributed by atoms with van der Waals surface area (Å²) in [6.45, 7) is 0. The van der Waals surface area contributed by atoms with Crippen molar-refractivity contribution >= 4 is 21.8 Å². The zero-order chi connectivity index (χ0) is 18.9. The molecule has 0 radical (unpaired) electrons. The summed E-state index contributed by atoms with van der Waals surface area (Å²) in [5.41, 5.74) is 4.36. The summed E-state index contributed by atoms with van der Waals surface area (Å²) in [7, 11) is 0. The van der Waals surface area contributed by atoms with Crippen molar-refractivity contribution in [2.24, 2.45) is 0 Å². The number of pyridine rings is 2. The van der Waals surface area contributed by atoms with Gasteiger partial charge in [0.15, 0.2) is 0 Å². The Morgan fingerprint density at radius 1 is 0.655 bits per heavy atom. The van der Waals surface area contributed by atoms with Crippen molar-refractivity contribution in [2.45, 2.75) is 5.92 Å². The standard InChI is InChI=1S/C25H18N2O.Li/c28-22-11-5-4-10-20(22)23(17-7-2-1-3-8-17)21-15-14-19-13-12-18-9-6-16-26-24(18)25(19)27-21;/h1-16,23,28H;/q;+1/p-1. The fourth-order valence-electron chi connectivity index (χ4n) is 3.77. The number of para-hydroxylation sites is 1. The van der Waals surface area contributed by atoms with Crippen LogP contribution in [0.1, 0.15) is 22.7 Å². The molecule has 5 aromatic rings. The maximum atomic E-state index is 12.6. The zero-order valence-corrected chi connectivity index (χ0v) is 16.1. The van der Waals surface area contributed by atoms with Crippen LogP contribution in [0.2, 0.25) is 0 Å². The molecule has 0 N–H and O–H groups in total. The first-order chi connectivity index (χ1) is 13.8. The van der Waals surface area contributed by atoms with Crippen molar-refractivity contribution in [3.8, 4) is 5.75 Å². The van der Waals surface area contributed by atoms with E-state index in [0.717, 1.165) is 38.6 Å². The average Bonchev–Trinajstić information content (AvgIpc) is 2.76. The van der Waals surface area contributed by atoms with Crippen molar-refractivity contribution in [1.82, 2.24) is 9.97 Å². The van der Waals surface area contributed by atoms with Crippen molar-refractivity contribution in [3.63, 3.8) is 0 Å². The topological polar surface area (TPSA) is 48.8 Å². The van der Waals surface area contributed by atoms with Gasteiger partial charge in [-0.3, -0.25) is 4.98 Å². The van der Waals surface area contributed by atoms with E-state index in [4.69, 9.17) is 4.98 Å². The number of aromatic nitrogens is 2. The SMILES string of the molecule is [Li+].[O-]c1ccccc1C(c1ccccc1)c1ccc2ccc3cccnc3c2n1. The maximum absolute atomic E-state index is 12.6. The minimum Gasteiger partial charge on any atom is -0.872 e. The monoisotopic (exact) mass is 368 g/mol. The molecule has 0 aliphatic heterocycles. The third-order valence-electron chi connectivity index (χ3n) is 5.11. The van der Waals surface area contributed by atoms with Gasteiger partial charge in [-0.2, -0.15) is 0 Å². The Morgan fingerprint density at radius 2 is 1.34 bits per heavy atom. The fraction of sp³-hybridized carbons (Fsp3) is 0.0400. The van der Waals surface area contributed by atoms with Crippen molar-refractivity contribution in [1.29, 1.82) is 0 Å². The predicted molar refractivity (Wildman–Crippen MR) is 110 cm³/mol. The van der Waals surface area contributed by atoms with Gasteiger partial charge < -0.3 is 5.11 Å². The smallest absolute Gasteiger partial charge is 0.872 e. The van der Waals surface area contributed by atoms with Crippen molar-refractivity contribution in [3.05, 3.63) is 114 Å². The molecule has 2 aromatic heterocycles. The van der Waals surface area contributed by atoms with Gasteiger partial charge in [0.05, 0.1) is 22.6 Å². The van der Waals surface area contributed by atoms with Crippen LogP contribution in [0.15, 0.2) is 97.2 Å². The fourth-order valence-corrected chi connectivity index (χ4v) is 3.77. The zero-order valence-electron chi connectivity index (χ0n) is 16.1. The molecule has 0 spiro atoms. The Hall–Kier alpha value is -3.12. The molecular formula is C25H17LiN2O. The van der Waals surface area contributed by atoms with Gasteiger partial charge in [-0.25, -0.2) is 4.98 Å². The number of hydrogen-bond donors (Lipinski definition) is 0. The van der Waals surface area contributed by atoms with E-state index in [1.165, 1.54) is 0 Å². The van der Waals surface area contributed by atoms with E-state index in [2.05, 4.69) is 23.2 Å². The van der Waals surface area contributed by atoms with Crippen LogP contribution in [0, 0.1) is 0 Å². The molecule has 0 amide bonds. The Bertz CT molecular complexity index is 1290. The van der Waals surface area contributed by atoms with E-state index < -0.39 is 0 Å². The van der Waals surface area contributed by atoms with Gasteiger partial charge >= 0.3 is 18.9 Å². The summed E-state index contributed by atoms with van der Waals surface area (Å²) in [4.78, 5) is 9.54. The van der Waals surface area contributed by atoms with Crippen LogP contribution in [0.4, 0.5) is 0 Å². The molecule has 0 aliphatic carbocycles. The second kappa shape index (κ2) is 8.09. The largest absolute Gasteiger partial charge is 1.00 e. The molecule has 134 valence electrons. The number of nitrogens with zero attached hydrogens (tertiary/aromatic N) is 2. The van der Waals surface area contributed by atoms with Gasteiger partial charge in [0.25, 0.3) is 0 Å². The molecule has 29 heavy (non-hydrogen) atoms. The van der Waals surface area contributed by atoms with Crippen LogP contribution in [-0.4, -0.2) is 9.97 Å². The summed E-state index contributed by atoms with van der Waals surface area (Å²) in [6, 6.07) is 29.4. The van der Waals surface area contributed by atoms with Crippen LogP contribution in [0.3, 0.4) is 0 Å². The number of hydrogen-bond acceptors (Lipinski definition) is 3. The minimum absolute atomic E-state index is 0. The maximum Gasteiger partial charge on any atom is 1.00 e. The molecule has 3 nitrogen and oxygen atoms in total. The molecule has 5 rings (SSSR count). The van der Waals surface area contributed by atoms with Gasteiger partial charge in [0, 0.05) is 17.0 Å². The number of fused-ring (bicyclic) bond motifs is 3. The Labute approximate surface area is 181 Å². The van der Waals surface area contributed by atoms with Crippen molar-refractivity contribution < 1.29 is 24.0 Å². The number of benzene rings is 3. The molecule has 4 heteroatoms. The quantitative estimate of drug-likeness (QED) is 0.362. The molecule has 0 fully saturated rings. The third-order valence-corrected chi connectivity index (χ3v) is 5.11. The van der Waals surface area contributed by atoms with Crippen LogP contribution in [0.25, 0.3) is 21.8 Å². The van der Waals surface area contributed by atoms with Crippen LogP contribution in [-0.2, 0) is 0 Å². The van der Waals surface area contributed by atoms with E-state index >= 15 is 0 Å². The molecule has 0 saturated heterocycles. The van der Waals surface area contributed by atoms with Gasteiger partial charge in [-0.15, -0.1) is 5.75 Å².